The number of carbonyl (C=O) groups is 1. The molecule has 19 heavy (non-hydrogen) atoms. The van der Waals surface area contributed by atoms with E-state index in [-0.39, 0.29) is 5.91 Å². The highest BCUT2D eigenvalue weighted by Gasteiger charge is 2.41. The molecule has 1 aromatic carbocycles. The summed E-state index contributed by atoms with van der Waals surface area (Å²) in [7, 11) is 1.97. The molecule has 0 atom stereocenters. The van der Waals surface area contributed by atoms with Crippen molar-refractivity contribution in [2.75, 3.05) is 20.1 Å². The lowest BCUT2D eigenvalue weighted by Gasteiger charge is -2.17. The molecular formula is C16H24N2O. The zero-order valence-corrected chi connectivity index (χ0v) is 12.4. The molecule has 1 saturated carbocycles. The van der Waals surface area contributed by atoms with Gasteiger partial charge in [-0.2, -0.15) is 0 Å². The van der Waals surface area contributed by atoms with E-state index in [0.717, 1.165) is 24.2 Å². The molecule has 1 aliphatic rings. The maximum Gasteiger partial charge on any atom is 0.251 e. The number of nitrogens with one attached hydrogen (secondary N) is 2. The summed E-state index contributed by atoms with van der Waals surface area (Å²) in [5.41, 5.74) is 4.66. The van der Waals surface area contributed by atoms with Crippen LogP contribution in [-0.4, -0.2) is 26.0 Å². The van der Waals surface area contributed by atoms with Crippen molar-refractivity contribution in [3.63, 3.8) is 0 Å². The Labute approximate surface area is 115 Å². The maximum atomic E-state index is 12.3. The van der Waals surface area contributed by atoms with Gasteiger partial charge in [-0.15, -0.1) is 0 Å². The third kappa shape index (κ3) is 2.98. The molecule has 0 heterocycles. The molecule has 0 saturated heterocycles. The Morgan fingerprint density at radius 1 is 1.16 bits per heavy atom. The number of benzene rings is 1. The predicted molar refractivity (Wildman–Crippen MR) is 78.6 cm³/mol. The molecule has 0 radical (unpaired) electrons. The van der Waals surface area contributed by atoms with Gasteiger partial charge in [0.15, 0.2) is 0 Å². The molecule has 1 amide bonds. The summed E-state index contributed by atoms with van der Waals surface area (Å²) in [6.45, 7) is 7.94. The molecule has 0 aliphatic heterocycles. The van der Waals surface area contributed by atoms with Crippen molar-refractivity contribution >= 4 is 5.91 Å². The highest BCUT2D eigenvalue weighted by Crippen LogP contribution is 2.44. The lowest BCUT2D eigenvalue weighted by atomic mass is 9.98. The Morgan fingerprint density at radius 2 is 1.84 bits per heavy atom. The molecule has 3 nitrogen and oxygen atoms in total. The number of aryl methyl sites for hydroxylation is 1. The van der Waals surface area contributed by atoms with E-state index in [1.807, 2.05) is 26.1 Å². The largest absolute Gasteiger partial charge is 0.351 e. The normalized spacial score (nSPS) is 16.2. The Morgan fingerprint density at radius 3 is 2.42 bits per heavy atom. The minimum atomic E-state index is 0.0583. The van der Waals surface area contributed by atoms with Crippen LogP contribution in [0.15, 0.2) is 12.1 Å². The van der Waals surface area contributed by atoms with Crippen molar-refractivity contribution in [2.24, 2.45) is 5.41 Å². The molecule has 104 valence electrons. The summed E-state index contributed by atoms with van der Waals surface area (Å²) < 4.78 is 0. The summed E-state index contributed by atoms with van der Waals surface area (Å²) >= 11 is 0. The second-order valence-corrected chi connectivity index (χ2v) is 5.89. The van der Waals surface area contributed by atoms with Crippen LogP contribution in [0.4, 0.5) is 0 Å². The third-order valence-corrected chi connectivity index (χ3v) is 4.44. The van der Waals surface area contributed by atoms with Crippen molar-refractivity contribution in [2.45, 2.75) is 33.6 Å². The summed E-state index contributed by atoms with van der Waals surface area (Å²) in [5.74, 6) is 0.0583. The Kier molecular flexibility index (Phi) is 3.95. The molecule has 3 heteroatoms. The number of rotatable bonds is 5. The van der Waals surface area contributed by atoms with E-state index >= 15 is 0 Å². The first-order valence-electron chi connectivity index (χ1n) is 6.99. The van der Waals surface area contributed by atoms with Gasteiger partial charge in [0.2, 0.25) is 0 Å². The molecule has 1 aliphatic carbocycles. The second-order valence-electron chi connectivity index (χ2n) is 5.89. The van der Waals surface area contributed by atoms with Crippen LogP contribution in [0.25, 0.3) is 0 Å². The smallest absolute Gasteiger partial charge is 0.251 e. The third-order valence-electron chi connectivity index (χ3n) is 4.44. The first-order chi connectivity index (χ1) is 8.99. The molecule has 0 spiro atoms. The Balaban J connectivity index is 2.03. The van der Waals surface area contributed by atoms with Crippen molar-refractivity contribution < 1.29 is 4.79 Å². The average Bonchev–Trinajstić information content (AvgIpc) is 3.14. The van der Waals surface area contributed by atoms with Crippen molar-refractivity contribution in [3.8, 4) is 0 Å². The van der Waals surface area contributed by atoms with Gasteiger partial charge in [0.25, 0.3) is 5.91 Å². The Hall–Kier alpha value is -1.35. The average molecular weight is 260 g/mol. The fourth-order valence-electron chi connectivity index (χ4n) is 2.53. The van der Waals surface area contributed by atoms with Gasteiger partial charge in [-0.05, 0) is 63.4 Å². The van der Waals surface area contributed by atoms with Crippen molar-refractivity contribution in [3.05, 3.63) is 34.4 Å². The molecule has 1 fully saturated rings. The van der Waals surface area contributed by atoms with Gasteiger partial charge in [0, 0.05) is 24.1 Å². The van der Waals surface area contributed by atoms with Gasteiger partial charge in [-0.25, -0.2) is 0 Å². The van der Waals surface area contributed by atoms with Gasteiger partial charge >= 0.3 is 0 Å². The lowest BCUT2D eigenvalue weighted by molar-refractivity contribution is 0.0944. The van der Waals surface area contributed by atoms with E-state index in [2.05, 4.69) is 24.5 Å². The molecular weight excluding hydrogens is 236 g/mol. The lowest BCUT2D eigenvalue weighted by Crippen LogP contribution is -2.35. The van der Waals surface area contributed by atoms with Crippen LogP contribution in [0, 0.1) is 26.2 Å². The van der Waals surface area contributed by atoms with E-state index in [0.29, 0.717) is 5.41 Å². The van der Waals surface area contributed by atoms with Gasteiger partial charge in [-0.1, -0.05) is 6.07 Å². The maximum absolute atomic E-state index is 12.3. The zero-order valence-electron chi connectivity index (χ0n) is 12.4. The predicted octanol–water partition coefficient (Wildman–Crippen LogP) is 2.34. The van der Waals surface area contributed by atoms with Crippen LogP contribution in [0.3, 0.4) is 0 Å². The topological polar surface area (TPSA) is 41.1 Å². The first kappa shape index (κ1) is 14.1. The highest BCUT2D eigenvalue weighted by molar-refractivity contribution is 5.96. The quantitative estimate of drug-likeness (QED) is 0.853. The summed E-state index contributed by atoms with van der Waals surface area (Å²) in [6, 6.07) is 3.96. The molecule has 0 bridgehead atoms. The fourth-order valence-corrected chi connectivity index (χ4v) is 2.53. The Bertz CT molecular complexity index is 490. The van der Waals surface area contributed by atoms with Gasteiger partial charge < -0.3 is 10.6 Å². The standard InChI is InChI=1S/C16H24N2O/c1-11-5-6-14(13(3)12(11)2)15(19)18-10-16(7-8-16)9-17-4/h5-6,17H,7-10H2,1-4H3,(H,18,19). The first-order valence-corrected chi connectivity index (χ1v) is 6.99. The zero-order chi connectivity index (χ0) is 14.0. The van der Waals surface area contributed by atoms with E-state index < -0.39 is 0 Å². The van der Waals surface area contributed by atoms with Crippen molar-refractivity contribution in [1.82, 2.24) is 10.6 Å². The molecule has 2 N–H and O–H groups in total. The molecule has 2 rings (SSSR count). The van der Waals surface area contributed by atoms with Crippen LogP contribution in [-0.2, 0) is 0 Å². The van der Waals surface area contributed by atoms with Crippen LogP contribution in [0.2, 0.25) is 0 Å². The van der Waals surface area contributed by atoms with Crippen molar-refractivity contribution in [1.29, 1.82) is 0 Å². The van der Waals surface area contributed by atoms with Crippen LogP contribution in [0.5, 0.6) is 0 Å². The van der Waals surface area contributed by atoms with E-state index in [9.17, 15) is 4.79 Å². The molecule has 0 unspecified atom stereocenters. The van der Waals surface area contributed by atoms with Gasteiger partial charge in [-0.3, -0.25) is 4.79 Å². The van der Waals surface area contributed by atoms with Crippen LogP contribution in [0.1, 0.15) is 39.9 Å². The number of amides is 1. The summed E-state index contributed by atoms with van der Waals surface area (Å²) in [4.78, 5) is 12.3. The van der Waals surface area contributed by atoms with Gasteiger partial charge in [0.05, 0.1) is 0 Å². The van der Waals surface area contributed by atoms with E-state index in [4.69, 9.17) is 0 Å². The number of hydrogen-bond acceptors (Lipinski definition) is 2. The number of carbonyl (C=O) groups excluding carboxylic acids is 1. The van der Waals surface area contributed by atoms with Crippen LogP contribution >= 0.6 is 0 Å². The van der Waals surface area contributed by atoms with E-state index in [1.165, 1.54) is 24.0 Å². The molecule has 1 aromatic rings. The van der Waals surface area contributed by atoms with Gasteiger partial charge in [0.1, 0.15) is 0 Å². The minimum absolute atomic E-state index is 0.0583. The SMILES string of the molecule is CNCC1(CNC(=O)c2ccc(C)c(C)c2C)CC1. The highest BCUT2D eigenvalue weighted by atomic mass is 16.1. The molecule has 0 aromatic heterocycles. The summed E-state index contributed by atoms with van der Waals surface area (Å²) in [5, 5.41) is 6.31. The minimum Gasteiger partial charge on any atom is -0.351 e. The van der Waals surface area contributed by atoms with Crippen LogP contribution < -0.4 is 10.6 Å². The fraction of sp³-hybridized carbons (Fsp3) is 0.562. The second kappa shape index (κ2) is 5.33. The van der Waals surface area contributed by atoms with E-state index in [1.54, 1.807) is 0 Å². The number of hydrogen-bond donors (Lipinski definition) is 2. The summed E-state index contributed by atoms with van der Waals surface area (Å²) in [6.07, 6.45) is 2.42. The monoisotopic (exact) mass is 260 g/mol.